The molecule has 6 heterocycles. The number of aryl methyl sites for hydroxylation is 1. The summed E-state index contributed by atoms with van der Waals surface area (Å²) in [6, 6.07) is 9.83. The SMILES string of the molecule is CC(=O)c1ccc(-c2nccc3[nH]c(-c4n[nH]c5cnc(-c6cnn(C)c6)cc45)cc23)s1. The first kappa shape index (κ1) is 18.6. The van der Waals surface area contributed by atoms with Gasteiger partial charge in [-0.15, -0.1) is 11.3 Å². The monoisotopic (exact) mass is 439 g/mol. The molecule has 8 nitrogen and oxygen atoms in total. The molecule has 0 radical (unpaired) electrons. The molecule has 2 N–H and O–H groups in total. The fraction of sp³-hybridized carbons (Fsp3) is 0.0870. The van der Waals surface area contributed by atoms with E-state index in [1.165, 1.54) is 11.3 Å². The van der Waals surface area contributed by atoms with Crippen LogP contribution >= 0.6 is 11.3 Å². The van der Waals surface area contributed by atoms with Gasteiger partial charge >= 0.3 is 0 Å². The molecule has 0 fully saturated rings. The van der Waals surface area contributed by atoms with Crippen molar-refractivity contribution in [2.75, 3.05) is 0 Å². The van der Waals surface area contributed by atoms with Crippen LogP contribution in [0.3, 0.4) is 0 Å². The number of hydrogen-bond acceptors (Lipinski definition) is 6. The normalized spacial score (nSPS) is 11.6. The van der Waals surface area contributed by atoms with Gasteiger partial charge in [0.2, 0.25) is 0 Å². The van der Waals surface area contributed by atoms with Gasteiger partial charge in [0, 0.05) is 41.3 Å². The Morgan fingerprint density at radius 3 is 2.69 bits per heavy atom. The Kier molecular flexibility index (Phi) is 4.05. The van der Waals surface area contributed by atoms with E-state index in [0.29, 0.717) is 0 Å². The Bertz CT molecular complexity index is 1630. The number of nitrogens with one attached hydrogen (secondary N) is 2. The summed E-state index contributed by atoms with van der Waals surface area (Å²) >= 11 is 1.46. The van der Waals surface area contributed by atoms with Gasteiger partial charge in [0.15, 0.2) is 5.78 Å². The number of ketones is 1. The van der Waals surface area contributed by atoms with Crippen LogP contribution in [-0.2, 0) is 7.05 Å². The molecule has 156 valence electrons. The van der Waals surface area contributed by atoms with Crippen LogP contribution in [0.4, 0.5) is 0 Å². The van der Waals surface area contributed by atoms with Gasteiger partial charge in [-0.3, -0.25) is 24.5 Å². The van der Waals surface area contributed by atoms with Crippen LogP contribution in [0, 0.1) is 0 Å². The van der Waals surface area contributed by atoms with E-state index < -0.39 is 0 Å². The lowest BCUT2D eigenvalue weighted by molar-refractivity contribution is 0.102. The predicted molar refractivity (Wildman–Crippen MR) is 124 cm³/mol. The minimum atomic E-state index is 0.0594. The summed E-state index contributed by atoms with van der Waals surface area (Å²) in [6.45, 7) is 1.58. The maximum absolute atomic E-state index is 11.7. The van der Waals surface area contributed by atoms with Crippen LogP contribution in [-0.4, -0.2) is 40.7 Å². The van der Waals surface area contributed by atoms with E-state index in [2.05, 4.69) is 36.3 Å². The summed E-state index contributed by atoms with van der Waals surface area (Å²) in [5.41, 5.74) is 6.14. The van der Waals surface area contributed by atoms with E-state index in [9.17, 15) is 4.79 Å². The van der Waals surface area contributed by atoms with Crippen LogP contribution in [0.15, 0.2) is 55.1 Å². The molecule has 0 unspecified atom stereocenters. The molecule has 6 aromatic heterocycles. The number of rotatable bonds is 4. The zero-order valence-corrected chi connectivity index (χ0v) is 18.1. The highest BCUT2D eigenvalue weighted by Gasteiger charge is 2.16. The lowest BCUT2D eigenvalue weighted by Gasteiger charge is -1.98. The van der Waals surface area contributed by atoms with Crippen molar-refractivity contribution in [3.8, 4) is 33.2 Å². The summed E-state index contributed by atoms with van der Waals surface area (Å²) in [7, 11) is 1.88. The molecular weight excluding hydrogens is 422 g/mol. The van der Waals surface area contributed by atoms with Crippen LogP contribution in [0.1, 0.15) is 16.6 Å². The zero-order valence-electron chi connectivity index (χ0n) is 17.2. The minimum absolute atomic E-state index is 0.0594. The van der Waals surface area contributed by atoms with Crippen molar-refractivity contribution >= 4 is 38.9 Å². The molecule has 0 aliphatic carbocycles. The molecule has 0 atom stereocenters. The molecule has 0 spiro atoms. The van der Waals surface area contributed by atoms with E-state index in [1.54, 1.807) is 30.2 Å². The first-order valence-corrected chi connectivity index (χ1v) is 10.8. The number of thiophene rings is 1. The third kappa shape index (κ3) is 2.94. The molecule has 32 heavy (non-hydrogen) atoms. The molecule has 0 aliphatic heterocycles. The number of carbonyl (C=O) groups excluding carboxylic acids is 1. The first-order valence-electron chi connectivity index (χ1n) is 9.99. The topological polar surface area (TPSA) is 105 Å². The molecule has 6 rings (SSSR count). The lowest BCUT2D eigenvalue weighted by Crippen LogP contribution is -1.85. The van der Waals surface area contributed by atoms with Gasteiger partial charge in [-0.2, -0.15) is 10.2 Å². The van der Waals surface area contributed by atoms with Crippen molar-refractivity contribution < 1.29 is 4.79 Å². The molecule has 0 saturated carbocycles. The van der Waals surface area contributed by atoms with Crippen molar-refractivity contribution in [2.45, 2.75) is 6.92 Å². The second-order valence-electron chi connectivity index (χ2n) is 7.61. The summed E-state index contributed by atoms with van der Waals surface area (Å²) in [6.07, 6.45) is 7.30. The third-order valence-electron chi connectivity index (χ3n) is 5.44. The van der Waals surface area contributed by atoms with Gasteiger partial charge in [0.05, 0.1) is 44.7 Å². The van der Waals surface area contributed by atoms with E-state index in [1.807, 2.05) is 37.5 Å². The highest BCUT2D eigenvalue weighted by atomic mass is 32.1. The molecule has 0 amide bonds. The molecule has 0 saturated heterocycles. The smallest absolute Gasteiger partial charge is 0.169 e. The first-order chi connectivity index (χ1) is 15.6. The predicted octanol–water partition coefficient (Wildman–Crippen LogP) is 4.83. The average molecular weight is 440 g/mol. The van der Waals surface area contributed by atoms with Crippen molar-refractivity contribution in [3.05, 3.63) is 60.0 Å². The fourth-order valence-corrected chi connectivity index (χ4v) is 4.78. The van der Waals surface area contributed by atoms with Crippen molar-refractivity contribution in [1.82, 2.24) is 34.9 Å². The fourth-order valence-electron chi connectivity index (χ4n) is 3.87. The zero-order chi connectivity index (χ0) is 21.8. The van der Waals surface area contributed by atoms with Gasteiger partial charge in [0.1, 0.15) is 5.69 Å². The Morgan fingerprint density at radius 2 is 1.91 bits per heavy atom. The molecule has 0 bridgehead atoms. The number of carbonyl (C=O) groups is 1. The van der Waals surface area contributed by atoms with Crippen LogP contribution in [0.25, 0.3) is 55.0 Å². The van der Waals surface area contributed by atoms with Gasteiger partial charge in [-0.05, 0) is 37.3 Å². The average Bonchev–Trinajstić information content (AvgIpc) is 3.56. The largest absolute Gasteiger partial charge is 0.353 e. The highest BCUT2D eigenvalue weighted by molar-refractivity contribution is 7.17. The Hall–Kier alpha value is -4.11. The Balaban J connectivity index is 1.49. The van der Waals surface area contributed by atoms with E-state index in [0.717, 1.165) is 59.9 Å². The molecule has 0 aliphatic rings. The van der Waals surface area contributed by atoms with Gasteiger partial charge in [-0.1, -0.05) is 0 Å². The van der Waals surface area contributed by atoms with E-state index in [-0.39, 0.29) is 5.78 Å². The summed E-state index contributed by atoms with van der Waals surface area (Å²) in [5.74, 6) is 0.0594. The summed E-state index contributed by atoms with van der Waals surface area (Å²) in [4.78, 5) is 26.0. The molecular formula is C23H17N7OS. The number of fused-ring (bicyclic) bond motifs is 2. The summed E-state index contributed by atoms with van der Waals surface area (Å²) in [5, 5.41) is 13.8. The van der Waals surface area contributed by atoms with Crippen LogP contribution in [0.5, 0.6) is 0 Å². The number of nitrogens with zero attached hydrogens (tertiary/aromatic N) is 5. The number of H-pyrrole nitrogens is 2. The Labute approximate surface area is 186 Å². The van der Waals surface area contributed by atoms with Gasteiger partial charge in [0.25, 0.3) is 0 Å². The molecule has 6 aromatic rings. The number of aromatic nitrogens is 7. The highest BCUT2D eigenvalue weighted by Crippen LogP contribution is 2.36. The number of pyridine rings is 2. The van der Waals surface area contributed by atoms with Crippen LogP contribution in [0.2, 0.25) is 0 Å². The van der Waals surface area contributed by atoms with E-state index in [4.69, 9.17) is 0 Å². The van der Waals surface area contributed by atoms with E-state index >= 15 is 0 Å². The van der Waals surface area contributed by atoms with Crippen molar-refractivity contribution in [2.24, 2.45) is 7.05 Å². The van der Waals surface area contributed by atoms with Gasteiger partial charge in [-0.25, -0.2) is 0 Å². The minimum Gasteiger partial charge on any atom is -0.353 e. The Morgan fingerprint density at radius 1 is 1.03 bits per heavy atom. The number of Topliss-reactive ketones (excluding diaryl/α,β-unsaturated/α-hetero) is 1. The summed E-state index contributed by atoms with van der Waals surface area (Å²) < 4.78 is 1.76. The van der Waals surface area contributed by atoms with Crippen molar-refractivity contribution in [3.63, 3.8) is 0 Å². The molecule has 0 aromatic carbocycles. The van der Waals surface area contributed by atoms with Gasteiger partial charge < -0.3 is 4.98 Å². The third-order valence-corrected chi connectivity index (χ3v) is 6.63. The second-order valence-corrected chi connectivity index (χ2v) is 8.70. The molecule has 9 heteroatoms. The number of aromatic amines is 2. The lowest BCUT2D eigenvalue weighted by atomic mass is 10.1. The quantitative estimate of drug-likeness (QED) is 0.383. The maximum atomic E-state index is 11.7. The van der Waals surface area contributed by atoms with Crippen LogP contribution < -0.4 is 0 Å². The van der Waals surface area contributed by atoms with Crippen molar-refractivity contribution in [1.29, 1.82) is 0 Å². The standard InChI is InChI=1S/C23H17N7OS/c1-12(31)20-3-4-21(32-20)23-14-8-18(27-16(14)5-6-24-23)22-15-7-17(13-9-26-30(2)11-13)25-10-19(15)28-29-22/h3-11,27H,1-2H3,(H,28,29). The second kappa shape index (κ2) is 6.96. The maximum Gasteiger partial charge on any atom is 0.169 e. The number of hydrogen-bond donors (Lipinski definition) is 2.